The molecule has 7 nitrogen and oxygen atoms in total. The Morgan fingerprint density at radius 1 is 1.52 bits per heavy atom. The number of hydrogen-bond donors (Lipinski definition) is 1. The van der Waals surface area contributed by atoms with Crippen LogP contribution in [0.25, 0.3) is 5.65 Å². The third-order valence-electron chi connectivity index (χ3n) is 3.10. The summed E-state index contributed by atoms with van der Waals surface area (Å²) in [5.74, 6) is 1.36. The molecule has 3 rings (SSSR count). The Bertz CT molecular complexity index is 975. The lowest BCUT2D eigenvalue weighted by Crippen LogP contribution is -2.19. The summed E-state index contributed by atoms with van der Waals surface area (Å²) in [4.78, 5) is 18.9. The number of nitrogens with zero attached hydrogens (tertiary/aromatic N) is 4. The van der Waals surface area contributed by atoms with Crippen LogP contribution in [-0.2, 0) is 5.75 Å². The smallest absolute Gasteiger partial charge is 0.350 e. The number of fused-ring (bicyclic) bond motifs is 1. The van der Waals surface area contributed by atoms with Gasteiger partial charge in [-0.2, -0.15) is 14.9 Å². The molecular weight excluding hydrogens is 382 g/mol. The Balaban J connectivity index is 1.87. The Kier molecular flexibility index (Phi) is 4.36. The summed E-state index contributed by atoms with van der Waals surface area (Å²) in [7, 11) is 1.61. The highest BCUT2D eigenvalue weighted by Crippen LogP contribution is 2.28. The van der Waals surface area contributed by atoms with E-state index in [9.17, 15) is 4.79 Å². The number of aromatic nitrogens is 4. The number of nitriles is 1. The molecule has 23 heavy (non-hydrogen) atoms. The monoisotopic (exact) mass is 391 g/mol. The minimum absolute atomic E-state index is 0.257. The van der Waals surface area contributed by atoms with Crippen molar-refractivity contribution >= 4 is 33.3 Å². The number of hydrogen-bond acceptors (Lipinski definition) is 6. The fourth-order valence-corrected chi connectivity index (χ4v) is 3.47. The van der Waals surface area contributed by atoms with E-state index in [0.29, 0.717) is 10.9 Å². The number of nitrogens with one attached hydrogen (secondary N) is 1. The van der Waals surface area contributed by atoms with E-state index in [2.05, 4.69) is 31.0 Å². The minimum Gasteiger partial charge on any atom is -0.497 e. The maximum absolute atomic E-state index is 11.9. The molecule has 1 N–H and O–H groups in total. The summed E-state index contributed by atoms with van der Waals surface area (Å²) in [6.45, 7) is 0. The molecule has 0 fully saturated rings. The lowest BCUT2D eigenvalue weighted by molar-refractivity contribution is 0.414. The number of H-pyrrole nitrogens is 1. The van der Waals surface area contributed by atoms with Crippen LogP contribution < -0.4 is 10.4 Å². The summed E-state index contributed by atoms with van der Waals surface area (Å²) in [5.41, 5.74) is 1.14. The summed E-state index contributed by atoms with van der Waals surface area (Å²) >= 11 is 4.85. The molecule has 2 aromatic heterocycles. The van der Waals surface area contributed by atoms with E-state index in [1.165, 1.54) is 18.0 Å². The average Bonchev–Trinajstić information content (AvgIpc) is 2.97. The number of aromatic amines is 1. The van der Waals surface area contributed by atoms with Gasteiger partial charge in [0.2, 0.25) is 0 Å². The van der Waals surface area contributed by atoms with Crippen molar-refractivity contribution in [1.82, 2.24) is 19.6 Å². The van der Waals surface area contributed by atoms with Crippen LogP contribution in [0.2, 0.25) is 0 Å². The Hall–Kier alpha value is -2.31. The van der Waals surface area contributed by atoms with Crippen molar-refractivity contribution < 1.29 is 4.74 Å². The van der Waals surface area contributed by atoms with E-state index >= 15 is 0 Å². The molecule has 0 aliphatic carbocycles. The molecule has 0 unspecified atom stereocenters. The average molecular weight is 392 g/mol. The first-order chi connectivity index (χ1) is 11.1. The third-order valence-corrected chi connectivity index (χ3v) is 4.76. The molecule has 1 aromatic carbocycles. The van der Waals surface area contributed by atoms with Crippen LogP contribution in [0.4, 0.5) is 0 Å². The van der Waals surface area contributed by atoms with Crippen LogP contribution in [0.5, 0.6) is 5.75 Å². The van der Waals surface area contributed by atoms with Gasteiger partial charge < -0.3 is 4.74 Å². The van der Waals surface area contributed by atoms with Gasteiger partial charge in [0, 0.05) is 10.2 Å². The molecule has 0 aliphatic rings. The van der Waals surface area contributed by atoms with Gasteiger partial charge in [-0.15, -0.1) is 0 Å². The van der Waals surface area contributed by atoms with E-state index in [1.54, 1.807) is 7.11 Å². The zero-order chi connectivity index (χ0) is 16.4. The van der Waals surface area contributed by atoms with Crippen LogP contribution in [0.15, 0.2) is 38.8 Å². The Labute approximate surface area is 143 Å². The molecule has 0 saturated heterocycles. The first kappa shape index (κ1) is 15.6. The highest BCUT2D eigenvalue weighted by molar-refractivity contribution is 9.10. The zero-order valence-corrected chi connectivity index (χ0v) is 14.3. The van der Waals surface area contributed by atoms with Crippen LogP contribution in [0.3, 0.4) is 0 Å². The van der Waals surface area contributed by atoms with Crippen LogP contribution in [0, 0.1) is 11.3 Å². The number of thioether (sulfide) groups is 1. The van der Waals surface area contributed by atoms with Crippen LogP contribution in [0.1, 0.15) is 11.1 Å². The number of halogens is 1. The number of methoxy groups -OCH3 is 1. The van der Waals surface area contributed by atoms with Crippen molar-refractivity contribution in [2.24, 2.45) is 0 Å². The fraction of sp³-hybridized carbons (Fsp3) is 0.143. The standard InChI is InChI=1S/C14H10BrN5O2S/c1-22-10-3-2-8(11(15)4-10)7-23-13-18-12-9(5-16)6-17-20(12)14(21)19-13/h2-4,6H,7H2,1H3,(H,18,19,21). The topological polar surface area (TPSA) is 96.1 Å². The minimum atomic E-state index is -0.423. The normalized spacial score (nSPS) is 10.7. The van der Waals surface area contributed by atoms with Gasteiger partial charge in [0.25, 0.3) is 0 Å². The summed E-state index contributed by atoms with van der Waals surface area (Å²) in [6, 6.07) is 7.65. The molecule has 0 bridgehead atoms. The second-order valence-electron chi connectivity index (χ2n) is 4.50. The van der Waals surface area contributed by atoms with Crippen molar-refractivity contribution in [3.8, 4) is 11.8 Å². The van der Waals surface area contributed by atoms with Crippen LogP contribution in [-0.4, -0.2) is 26.7 Å². The number of ether oxygens (including phenoxy) is 1. The SMILES string of the molecule is COc1ccc(CSc2nc3c(C#N)cnn3c(=O)[nH]2)c(Br)c1. The van der Waals surface area contributed by atoms with Gasteiger partial charge in [-0.05, 0) is 17.7 Å². The molecule has 0 saturated carbocycles. The lowest BCUT2D eigenvalue weighted by atomic mass is 10.2. The van der Waals surface area contributed by atoms with Crippen molar-refractivity contribution in [1.29, 1.82) is 5.26 Å². The van der Waals surface area contributed by atoms with Gasteiger partial charge >= 0.3 is 5.69 Å². The first-order valence-electron chi connectivity index (χ1n) is 6.45. The predicted molar refractivity (Wildman–Crippen MR) is 88.6 cm³/mol. The molecule has 3 aromatic rings. The van der Waals surface area contributed by atoms with E-state index in [-0.39, 0.29) is 11.2 Å². The van der Waals surface area contributed by atoms with Crippen molar-refractivity contribution in [3.05, 3.63) is 50.5 Å². The fourth-order valence-electron chi connectivity index (χ4n) is 1.93. The van der Waals surface area contributed by atoms with Gasteiger partial charge in [-0.1, -0.05) is 33.8 Å². The van der Waals surface area contributed by atoms with Gasteiger partial charge in [-0.25, -0.2) is 9.78 Å². The van der Waals surface area contributed by atoms with Crippen LogP contribution >= 0.6 is 27.7 Å². The molecule has 116 valence electrons. The second-order valence-corrected chi connectivity index (χ2v) is 6.32. The second kappa shape index (κ2) is 6.44. The number of benzene rings is 1. The van der Waals surface area contributed by atoms with Crippen molar-refractivity contribution in [2.75, 3.05) is 7.11 Å². The summed E-state index contributed by atoms with van der Waals surface area (Å²) < 4.78 is 7.14. The van der Waals surface area contributed by atoms with Crippen molar-refractivity contribution in [3.63, 3.8) is 0 Å². The van der Waals surface area contributed by atoms with Gasteiger partial charge in [0.05, 0.1) is 13.3 Å². The van der Waals surface area contributed by atoms with Gasteiger partial charge in [-0.3, -0.25) is 4.98 Å². The molecule has 0 radical (unpaired) electrons. The highest BCUT2D eigenvalue weighted by Gasteiger charge is 2.11. The largest absolute Gasteiger partial charge is 0.497 e. The van der Waals surface area contributed by atoms with Gasteiger partial charge in [0.15, 0.2) is 10.8 Å². The van der Waals surface area contributed by atoms with E-state index in [4.69, 9.17) is 10.00 Å². The van der Waals surface area contributed by atoms with Crippen molar-refractivity contribution in [2.45, 2.75) is 10.9 Å². The quantitative estimate of drug-likeness (QED) is 0.685. The molecule has 9 heteroatoms. The Morgan fingerprint density at radius 3 is 3.04 bits per heavy atom. The number of rotatable bonds is 4. The molecule has 0 amide bonds. The lowest BCUT2D eigenvalue weighted by Gasteiger charge is -2.06. The van der Waals surface area contributed by atoms with E-state index in [0.717, 1.165) is 20.3 Å². The maximum atomic E-state index is 11.9. The first-order valence-corrected chi connectivity index (χ1v) is 8.23. The summed E-state index contributed by atoms with van der Waals surface area (Å²) in [6.07, 6.45) is 1.33. The molecule has 0 atom stereocenters. The predicted octanol–water partition coefficient (Wildman–Crippen LogP) is 2.35. The third kappa shape index (κ3) is 3.09. The molecular formula is C14H10BrN5O2S. The maximum Gasteiger partial charge on any atom is 0.350 e. The van der Waals surface area contributed by atoms with Gasteiger partial charge in [0.1, 0.15) is 17.4 Å². The highest BCUT2D eigenvalue weighted by atomic mass is 79.9. The molecule has 0 spiro atoms. The molecule has 0 aliphatic heterocycles. The Morgan fingerprint density at radius 2 is 2.35 bits per heavy atom. The summed E-state index contributed by atoms with van der Waals surface area (Å²) in [5, 5.41) is 13.3. The zero-order valence-electron chi connectivity index (χ0n) is 11.9. The molecule has 2 heterocycles. The van der Waals surface area contributed by atoms with E-state index < -0.39 is 5.69 Å². The van der Waals surface area contributed by atoms with E-state index in [1.807, 2.05) is 24.3 Å².